The average Bonchev–Trinajstić information content (AvgIpc) is 2.32. The number of halogens is 1. The van der Waals surface area contributed by atoms with E-state index >= 15 is 0 Å². The summed E-state index contributed by atoms with van der Waals surface area (Å²) in [5, 5.41) is 0. The van der Waals surface area contributed by atoms with Crippen LogP contribution in [0.1, 0.15) is 11.9 Å². The average molecular weight is 230 g/mol. The van der Waals surface area contributed by atoms with Gasteiger partial charge in [0.1, 0.15) is 5.82 Å². The second-order valence-electron chi connectivity index (χ2n) is 3.03. The van der Waals surface area contributed by atoms with Crippen LogP contribution in [0.2, 0.25) is 0 Å². The fraction of sp³-hybridized carbons (Fsp3) is 0.455. The molecular weight excluding hydrogens is 215 g/mol. The van der Waals surface area contributed by atoms with Gasteiger partial charge < -0.3 is 18.9 Å². The maximum absolute atomic E-state index is 13.7. The third kappa shape index (κ3) is 2.43. The molecule has 0 unspecified atom stereocenters. The minimum absolute atomic E-state index is 0.266. The van der Waals surface area contributed by atoms with Gasteiger partial charge in [0, 0.05) is 25.8 Å². The molecule has 0 N–H and O–H groups in total. The van der Waals surface area contributed by atoms with Crippen molar-refractivity contribution in [1.29, 1.82) is 0 Å². The van der Waals surface area contributed by atoms with E-state index < -0.39 is 12.1 Å². The van der Waals surface area contributed by atoms with Crippen molar-refractivity contribution in [2.24, 2.45) is 0 Å². The number of ether oxygens (including phenoxy) is 4. The molecule has 1 aromatic carbocycles. The van der Waals surface area contributed by atoms with Crippen LogP contribution in [0.3, 0.4) is 0 Å². The second-order valence-corrected chi connectivity index (χ2v) is 3.03. The minimum Gasteiger partial charge on any atom is -0.493 e. The highest BCUT2D eigenvalue weighted by molar-refractivity contribution is 5.44. The smallest absolute Gasteiger partial charge is 0.186 e. The first-order valence-corrected chi connectivity index (χ1v) is 4.65. The molecule has 1 rings (SSSR count). The largest absolute Gasteiger partial charge is 0.493 e. The van der Waals surface area contributed by atoms with Crippen molar-refractivity contribution in [2.45, 2.75) is 6.29 Å². The first kappa shape index (κ1) is 12.7. The molecule has 0 aliphatic rings. The van der Waals surface area contributed by atoms with Crippen LogP contribution in [-0.4, -0.2) is 28.4 Å². The third-order valence-electron chi connectivity index (χ3n) is 2.18. The van der Waals surface area contributed by atoms with Gasteiger partial charge in [-0.15, -0.1) is 0 Å². The SMILES string of the molecule is COc1cc(F)c(C(OC)OC)cc1OC. The fourth-order valence-corrected chi connectivity index (χ4v) is 1.40. The highest BCUT2D eigenvalue weighted by atomic mass is 19.1. The molecule has 0 spiro atoms. The number of benzene rings is 1. The lowest BCUT2D eigenvalue weighted by atomic mass is 10.1. The van der Waals surface area contributed by atoms with Crippen molar-refractivity contribution < 1.29 is 23.3 Å². The van der Waals surface area contributed by atoms with Crippen LogP contribution in [0.5, 0.6) is 11.5 Å². The summed E-state index contributed by atoms with van der Waals surface area (Å²) in [7, 11) is 5.80. The molecule has 0 saturated heterocycles. The van der Waals surface area contributed by atoms with E-state index in [0.717, 1.165) is 0 Å². The van der Waals surface area contributed by atoms with E-state index in [0.29, 0.717) is 11.5 Å². The van der Waals surface area contributed by atoms with Gasteiger partial charge in [-0.25, -0.2) is 4.39 Å². The first-order chi connectivity index (χ1) is 7.67. The lowest BCUT2D eigenvalue weighted by molar-refractivity contribution is -0.107. The number of methoxy groups -OCH3 is 4. The van der Waals surface area contributed by atoms with Gasteiger partial charge in [-0.3, -0.25) is 0 Å². The van der Waals surface area contributed by atoms with Crippen LogP contribution < -0.4 is 9.47 Å². The summed E-state index contributed by atoms with van der Waals surface area (Å²) >= 11 is 0. The van der Waals surface area contributed by atoms with Gasteiger partial charge in [0.25, 0.3) is 0 Å². The van der Waals surface area contributed by atoms with E-state index in [9.17, 15) is 4.39 Å². The van der Waals surface area contributed by atoms with Gasteiger partial charge >= 0.3 is 0 Å². The van der Waals surface area contributed by atoms with E-state index in [4.69, 9.17) is 18.9 Å². The van der Waals surface area contributed by atoms with Crippen molar-refractivity contribution >= 4 is 0 Å². The zero-order valence-corrected chi connectivity index (χ0v) is 9.74. The molecular formula is C11H15FO4. The Bertz CT molecular complexity index is 350. The molecule has 0 saturated carbocycles. The Morgan fingerprint density at radius 3 is 1.88 bits per heavy atom. The Hall–Kier alpha value is -1.33. The molecule has 0 aliphatic heterocycles. The molecule has 0 fully saturated rings. The molecule has 0 aromatic heterocycles. The zero-order chi connectivity index (χ0) is 12.1. The van der Waals surface area contributed by atoms with Gasteiger partial charge in [0.2, 0.25) is 0 Å². The molecule has 90 valence electrons. The van der Waals surface area contributed by atoms with Crippen LogP contribution >= 0.6 is 0 Å². The van der Waals surface area contributed by atoms with Crippen molar-refractivity contribution in [3.05, 3.63) is 23.5 Å². The summed E-state index contributed by atoms with van der Waals surface area (Å²) in [6, 6.07) is 2.73. The highest BCUT2D eigenvalue weighted by Crippen LogP contribution is 2.33. The standard InChI is InChI=1S/C11H15FO4/c1-13-9-5-7(11(15-3)16-4)8(12)6-10(9)14-2/h5-6,11H,1-4H3. The molecule has 0 aliphatic carbocycles. The van der Waals surface area contributed by atoms with Crippen molar-refractivity contribution in [3.63, 3.8) is 0 Å². The van der Waals surface area contributed by atoms with Crippen molar-refractivity contribution in [2.75, 3.05) is 28.4 Å². The summed E-state index contributed by atoms with van der Waals surface area (Å²) in [6.07, 6.45) is -0.764. The summed E-state index contributed by atoms with van der Waals surface area (Å²) < 4.78 is 33.7. The predicted octanol–water partition coefficient (Wildman–Crippen LogP) is 2.13. The van der Waals surface area contributed by atoms with E-state index in [2.05, 4.69) is 0 Å². The molecule has 16 heavy (non-hydrogen) atoms. The van der Waals surface area contributed by atoms with E-state index in [1.54, 1.807) is 0 Å². The Morgan fingerprint density at radius 2 is 1.44 bits per heavy atom. The molecule has 4 nitrogen and oxygen atoms in total. The van der Waals surface area contributed by atoms with Crippen LogP contribution in [-0.2, 0) is 9.47 Å². The van der Waals surface area contributed by atoms with Crippen LogP contribution in [0.15, 0.2) is 12.1 Å². The normalized spacial score (nSPS) is 10.6. The summed E-state index contributed by atoms with van der Waals surface area (Å²) in [5.74, 6) is 0.291. The summed E-state index contributed by atoms with van der Waals surface area (Å²) in [4.78, 5) is 0. The molecule has 0 heterocycles. The molecule has 0 atom stereocenters. The molecule has 1 aromatic rings. The van der Waals surface area contributed by atoms with Crippen LogP contribution in [0, 0.1) is 5.82 Å². The first-order valence-electron chi connectivity index (χ1n) is 4.65. The monoisotopic (exact) mass is 230 g/mol. The van der Waals surface area contributed by atoms with E-state index in [1.807, 2.05) is 0 Å². The summed E-state index contributed by atoms with van der Waals surface area (Å²) in [6.45, 7) is 0. The maximum atomic E-state index is 13.7. The third-order valence-corrected chi connectivity index (χ3v) is 2.18. The van der Waals surface area contributed by atoms with Gasteiger partial charge in [-0.1, -0.05) is 0 Å². The molecule has 5 heteroatoms. The van der Waals surface area contributed by atoms with E-state index in [-0.39, 0.29) is 5.56 Å². The molecule has 0 amide bonds. The second kappa shape index (κ2) is 5.67. The number of hydrogen-bond donors (Lipinski definition) is 0. The van der Waals surface area contributed by atoms with Crippen LogP contribution in [0.25, 0.3) is 0 Å². The van der Waals surface area contributed by atoms with Crippen molar-refractivity contribution in [1.82, 2.24) is 0 Å². The quantitative estimate of drug-likeness (QED) is 0.726. The highest BCUT2D eigenvalue weighted by Gasteiger charge is 2.18. The lowest BCUT2D eigenvalue weighted by Gasteiger charge is -2.16. The van der Waals surface area contributed by atoms with Gasteiger partial charge in [-0.2, -0.15) is 0 Å². The number of hydrogen-bond acceptors (Lipinski definition) is 4. The Labute approximate surface area is 93.9 Å². The minimum atomic E-state index is -0.764. The fourth-order valence-electron chi connectivity index (χ4n) is 1.40. The predicted molar refractivity (Wildman–Crippen MR) is 56.3 cm³/mol. The molecule has 0 bridgehead atoms. The number of rotatable bonds is 5. The van der Waals surface area contributed by atoms with Crippen LogP contribution in [0.4, 0.5) is 4.39 Å². The van der Waals surface area contributed by atoms with Gasteiger partial charge in [-0.05, 0) is 6.07 Å². The Kier molecular flexibility index (Phi) is 4.52. The van der Waals surface area contributed by atoms with Crippen molar-refractivity contribution in [3.8, 4) is 11.5 Å². The Balaban J connectivity index is 3.19. The van der Waals surface area contributed by atoms with Gasteiger partial charge in [0.05, 0.1) is 14.2 Å². The zero-order valence-electron chi connectivity index (χ0n) is 9.74. The van der Waals surface area contributed by atoms with Gasteiger partial charge in [0.15, 0.2) is 17.8 Å². The summed E-state index contributed by atoms with van der Waals surface area (Å²) in [5.41, 5.74) is 0.266. The maximum Gasteiger partial charge on any atom is 0.186 e. The Morgan fingerprint density at radius 1 is 0.938 bits per heavy atom. The van der Waals surface area contributed by atoms with E-state index in [1.165, 1.54) is 40.6 Å². The lowest BCUT2D eigenvalue weighted by Crippen LogP contribution is -2.07. The molecule has 0 radical (unpaired) electrons. The topological polar surface area (TPSA) is 36.9 Å².